The van der Waals surface area contributed by atoms with Crippen LogP contribution in [0.15, 0.2) is 36.4 Å². The molecule has 0 amide bonds. The van der Waals surface area contributed by atoms with Gasteiger partial charge in [0.2, 0.25) is 0 Å². The molecule has 3 nitrogen and oxygen atoms in total. The summed E-state index contributed by atoms with van der Waals surface area (Å²) in [6.45, 7) is 4.27. The maximum Gasteiger partial charge on any atom is 0.0829 e. The second kappa shape index (κ2) is 5.94. The number of hydrogen-bond acceptors (Lipinski definition) is 3. The number of aromatic nitrogens is 1. The lowest BCUT2D eigenvalue weighted by molar-refractivity contribution is 0.00589. The molecule has 2 rings (SSSR count). The molecule has 1 heterocycles. The van der Waals surface area contributed by atoms with Gasteiger partial charge in [0.1, 0.15) is 0 Å². The molecular weight excluding hydrogens is 226 g/mol. The third-order valence-electron chi connectivity index (χ3n) is 2.72. The van der Waals surface area contributed by atoms with Gasteiger partial charge in [-0.25, -0.2) is 0 Å². The average Bonchev–Trinajstić information content (AvgIpc) is 2.36. The highest BCUT2D eigenvalue weighted by molar-refractivity contribution is 5.78. The molecule has 2 aromatic rings. The number of aliphatic hydroxyl groups excluding tert-OH is 1. The predicted octanol–water partition coefficient (Wildman–Crippen LogP) is 2.56. The molecule has 0 saturated heterocycles. The van der Waals surface area contributed by atoms with E-state index in [2.05, 4.69) is 4.98 Å². The lowest BCUT2D eigenvalue weighted by Gasteiger charge is -2.13. The van der Waals surface area contributed by atoms with Crippen molar-refractivity contribution in [2.24, 2.45) is 0 Å². The summed E-state index contributed by atoms with van der Waals surface area (Å²) in [6.07, 6.45) is 0.169. The van der Waals surface area contributed by atoms with E-state index in [9.17, 15) is 5.11 Å². The van der Waals surface area contributed by atoms with Crippen molar-refractivity contribution < 1.29 is 9.84 Å². The van der Waals surface area contributed by atoms with Crippen LogP contribution in [0.3, 0.4) is 0 Å². The Kier molecular flexibility index (Phi) is 4.28. The number of ether oxygens (including phenoxy) is 1. The van der Waals surface area contributed by atoms with Gasteiger partial charge < -0.3 is 9.84 Å². The maximum absolute atomic E-state index is 9.86. The number of para-hydroxylation sites is 1. The molecule has 1 N–H and O–H groups in total. The first-order chi connectivity index (χ1) is 8.65. The van der Waals surface area contributed by atoms with Gasteiger partial charge in [-0.05, 0) is 26.0 Å². The largest absolute Gasteiger partial charge is 0.390 e. The Bertz CT molecular complexity index is 511. The van der Waals surface area contributed by atoms with Crippen molar-refractivity contribution in [3.63, 3.8) is 0 Å². The number of fused-ring (bicyclic) bond motifs is 1. The molecule has 1 atom stereocenters. The van der Waals surface area contributed by atoms with E-state index in [0.717, 1.165) is 16.6 Å². The predicted molar refractivity (Wildman–Crippen MR) is 72.5 cm³/mol. The molecule has 0 radical (unpaired) electrons. The molecule has 0 saturated carbocycles. The van der Waals surface area contributed by atoms with Crippen molar-refractivity contribution in [1.29, 1.82) is 0 Å². The van der Waals surface area contributed by atoms with Gasteiger partial charge >= 0.3 is 0 Å². The van der Waals surface area contributed by atoms with Crippen LogP contribution in [0, 0.1) is 0 Å². The number of aliphatic hydroxyl groups is 1. The Balaban J connectivity index is 2.03. The zero-order valence-electron chi connectivity index (χ0n) is 10.8. The topological polar surface area (TPSA) is 42.4 Å². The molecule has 1 aromatic heterocycles. The van der Waals surface area contributed by atoms with Crippen LogP contribution in [-0.2, 0) is 11.2 Å². The van der Waals surface area contributed by atoms with Crippen LogP contribution in [-0.4, -0.2) is 28.9 Å². The summed E-state index contributed by atoms with van der Waals surface area (Å²) in [5, 5.41) is 11.0. The summed E-state index contributed by atoms with van der Waals surface area (Å²) >= 11 is 0. The van der Waals surface area contributed by atoms with Crippen LogP contribution in [0.4, 0.5) is 0 Å². The third-order valence-corrected chi connectivity index (χ3v) is 2.72. The standard InChI is InChI=1S/C15H19NO2/c1-11(2)18-10-14(17)9-13-8-7-12-5-3-4-6-15(12)16-13/h3-8,11,14,17H,9-10H2,1-2H3. The van der Waals surface area contributed by atoms with Gasteiger partial charge in [-0.1, -0.05) is 24.3 Å². The Morgan fingerprint density at radius 3 is 2.72 bits per heavy atom. The van der Waals surface area contributed by atoms with Crippen molar-refractivity contribution in [1.82, 2.24) is 4.98 Å². The zero-order valence-corrected chi connectivity index (χ0v) is 10.8. The van der Waals surface area contributed by atoms with Gasteiger partial charge in [-0.2, -0.15) is 0 Å². The molecule has 0 fully saturated rings. The van der Waals surface area contributed by atoms with Crippen molar-refractivity contribution in [3.05, 3.63) is 42.1 Å². The highest BCUT2D eigenvalue weighted by atomic mass is 16.5. The molecule has 0 bridgehead atoms. The van der Waals surface area contributed by atoms with Gasteiger partial charge in [0, 0.05) is 17.5 Å². The molecule has 3 heteroatoms. The highest BCUT2D eigenvalue weighted by Gasteiger charge is 2.08. The van der Waals surface area contributed by atoms with Gasteiger partial charge in [0.15, 0.2) is 0 Å². The first-order valence-corrected chi connectivity index (χ1v) is 6.29. The summed E-state index contributed by atoms with van der Waals surface area (Å²) < 4.78 is 5.39. The minimum Gasteiger partial charge on any atom is -0.390 e. The first-order valence-electron chi connectivity index (χ1n) is 6.29. The second-order valence-corrected chi connectivity index (χ2v) is 4.74. The van der Waals surface area contributed by atoms with E-state index >= 15 is 0 Å². The lowest BCUT2D eigenvalue weighted by atomic mass is 10.1. The molecule has 1 unspecified atom stereocenters. The van der Waals surface area contributed by atoms with Gasteiger partial charge in [-0.3, -0.25) is 4.98 Å². The minimum atomic E-state index is -0.499. The summed E-state index contributed by atoms with van der Waals surface area (Å²) in [6, 6.07) is 12.0. The fraction of sp³-hybridized carbons (Fsp3) is 0.400. The quantitative estimate of drug-likeness (QED) is 0.880. The Morgan fingerprint density at radius 1 is 1.17 bits per heavy atom. The Morgan fingerprint density at radius 2 is 1.94 bits per heavy atom. The maximum atomic E-state index is 9.86. The van der Waals surface area contributed by atoms with Crippen LogP contribution in [0.25, 0.3) is 10.9 Å². The van der Waals surface area contributed by atoms with Crippen LogP contribution in [0.1, 0.15) is 19.5 Å². The smallest absolute Gasteiger partial charge is 0.0829 e. The number of hydrogen-bond donors (Lipinski definition) is 1. The number of benzene rings is 1. The molecular formula is C15H19NO2. The third kappa shape index (κ3) is 3.52. The fourth-order valence-corrected chi connectivity index (χ4v) is 1.83. The van der Waals surface area contributed by atoms with Gasteiger partial charge in [0.25, 0.3) is 0 Å². The van der Waals surface area contributed by atoms with Crippen LogP contribution in [0.5, 0.6) is 0 Å². The highest BCUT2D eigenvalue weighted by Crippen LogP contribution is 2.13. The molecule has 18 heavy (non-hydrogen) atoms. The lowest BCUT2D eigenvalue weighted by Crippen LogP contribution is -2.21. The molecule has 1 aromatic carbocycles. The normalized spacial score (nSPS) is 13.1. The Labute approximate surface area is 107 Å². The van der Waals surface area contributed by atoms with Crippen molar-refractivity contribution >= 4 is 10.9 Å². The Hall–Kier alpha value is -1.45. The van der Waals surface area contributed by atoms with E-state index in [1.54, 1.807) is 0 Å². The summed E-state index contributed by atoms with van der Waals surface area (Å²) in [5.74, 6) is 0. The number of pyridine rings is 1. The summed E-state index contributed by atoms with van der Waals surface area (Å²) in [7, 11) is 0. The SMILES string of the molecule is CC(C)OCC(O)Cc1ccc2ccccc2n1. The van der Waals surface area contributed by atoms with E-state index in [-0.39, 0.29) is 6.10 Å². The van der Waals surface area contributed by atoms with E-state index in [4.69, 9.17) is 4.74 Å². The number of rotatable bonds is 5. The average molecular weight is 245 g/mol. The molecule has 0 aliphatic carbocycles. The van der Waals surface area contributed by atoms with Crippen molar-refractivity contribution in [3.8, 4) is 0 Å². The first kappa shape index (κ1) is 13.0. The zero-order chi connectivity index (χ0) is 13.0. The van der Waals surface area contributed by atoms with Gasteiger partial charge in [0.05, 0.1) is 24.3 Å². The second-order valence-electron chi connectivity index (χ2n) is 4.74. The van der Waals surface area contributed by atoms with E-state index < -0.39 is 6.10 Å². The molecule has 0 aliphatic heterocycles. The molecule has 0 aliphatic rings. The van der Waals surface area contributed by atoms with Crippen LogP contribution in [0.2, 0.25) is 0 Å². The van der Waals surface area contributed by atoms with Crippen LogP contribution < -0.4 is 0 Å². The van der Waals surface area contributed by atoms with E-state index in [1.165, 1.54) is 0 Å². The van der Waals surface area contributed by atoms with Crippen molar-refractivity contribution in [2.45, 2.75) is 32.5 Å². The van der Waals surface area contributed by atoms with E-state index in [1.807, 2.05) is 50.2 Å². The number of nitrogens with zero attached hydrogens (tertiary/aromatic N) is 1. The summed E-state index contributed by atoms with van der Waals surface area (Å²) in [4.78, 5) is 4.53. The minimum absolute atomic E-state index is 0.143. The molecule has 0 spiro atoms. The summed E-state index contributed by atoms with van der Waals surface area (Å²) in [5.41, 5.74) is 1.86. The monoisotopic (exact) mass is 245 g/mol. The van der Waals surface area contributed by atoms with Crippen molar-refractivity contribution in [2.75, 3.05) is 6.61 Å². The molecule has 96 valence electrons. The van der Waals surface area contributed by atoms with E-state index in [0.29, 0.717) is 13.0 Å². The van der Waals surface area contributed by atoms with Crippen LogP contribution >= 0.6 is 0 Å². The fourth-order valence-electron chi connectivity index (χ4n) is 1.83. The van der Waals surface area contributed by atoms with Gasteiger partial charge in [-0.15, -0.1) is 0 Å².